The Morgan fingerprint density at radius 2 is 2.24 bits per heavy atom. The summed E-state index contributed by atoms with van der Waals surface area (Å²) in [5, 5.41) is 3.81. The molecular formula is C15H19N3O3. The van der Waals surface area contributed by atoms with E-state index in [9.17, 15) is 4.79 Å². The van der Waals surface area contributed by atoms with Crippen molar-refractivity contribution in [2.45, 2.75) is 20.0 Å². The smallest absolute Gasteiger partial charge is 0.280 e. The number of carbonyl (C=O) groups excluding carboxylic acids is 1. The molecule has 1 heterocycles. The predicted molar refractivity (Wildman–Crippen MR) is 80.0 cm³/mol. The third-order valence-corrected chi connectivity index (χ3v) is 2.94. The third-order valence-electron chi connectivity index (χ3n) is 2.94. The van der Waals surface area contributed by atoms with Gasteiger partial charge in [0.05, 0.1) is 0 Å². The van der Waals surface area contributed by atoms with Crippen LogP contribution in [0.4, 0.5) is 11.4 Å². The number of benzene rings is 1. The fraction of sp³-hybridized carbons (Fsp3) is 0.333. The van der Waals surface area contributed by atoms with Gasteiger partial charge in [0.25, 0.3) is 5.91 Å². The van der Waals surface area contributed by atoms with Crippen LogP contribution in [0.3, 0.4) is 0 Å². The van der Waals surface area contributed by atoms with E-state index in [1.807, 2.05) is 19.1 Å². The molecular weight excluding hydrogens is 270 g/mol. The zero-order valence-electron chi connectivity index (χ0n) is 12.2. The number of methoxy groups -OCH3 is 1. The van der Waals surface area contributed by atoms with E-state index >= 15 is 0 Å². The summed E-state index contributed by atoms with van der Waals surface area (Å²) in [5.74, 6) is 0.304. The molecule has 0 aliphatic heterocycles. The molecule has 21 heavy (non-hydrogen) atoms. The van der Waals surface area contributed by atoms with Crippen LogP contribution < -0.4 is 10.6 Å². The maximum absolute atomic E-state index is 12.6. The summed E-state index contributed by atoms with van der Waals surface area (Å²) in [5.41, 5.74) is 7.41. The van der Waals surface area contributed by atoms with Crippen molar-refractivity contribution in [1.82, 2.24) is 5.16 Å². The van der Waals surface area contributed by atoms with Gasteiger partial charge in [-0.3, -0.25) is 4.79 Å². The Labute approximate surface area is 123 Å². The van der Waals surface area contributed by atoms with Crippen LogP contribution in [-0.4, -0.2) is 24.7 Å². The van der Waals surface area contributed by atoms with Crippen LogP contribution in [0.15, 0.2) is 34.9 Å². The number of nitrogens with zero attached hydrogens (tertiary/aromatic N) is 2. The summed E-state index contributed by atoms with van der Waals surface area (Å²) in [4.78, 5) is 14.2. The summed E-state index contributed by atoms with van der Waals surface area (Å²) in [7, 11) is 1.56. The second-order valence-corrected chi connectivity index (χ2v) is 4.66. The second-order valence-electron chi connectivity index (χ2n) is 4.66. The van der Waals surface area contributed by atoms with E-state index in [4.69, 9.17) is 15.0 Å². The molecule has 1 aromatic heterocycles. The predicted octanol–water partition coefficient (Wildman–Crippen LogP) is 2.46. The number of aromatic nitrogens is 1. The van der Waals surface area contributed by atoms with Crippen molar-refractivity contribution < 1.29 is 14.1 Å². The monoisotopic (exact) mass is 289 g/mol. The maximum atomic E-state index is 12.6. The van der Waals surface area contributed by atoms with Gasteiger partial charge >= 0.3 is 0 Å². The molecule has 0 saturated heterocycles. The number of nitrogen functional groups attached to an aromatic ring is 1. The molecule has 1 aromatic carbocycles. The van der Waals surface area contributed by atoms with Crippen molar-refractivity contribution in [2.24, 2.45) is 0 Å². The number of rotatable bonds is 6. The Morgan fingerprint density at radius 3 is 2.90 bits per heavy atom. The highest BCUT2D eigenvalue weighted by molar-refractivity contribution is 6.04. The minimum Gasteiger partial charge on any atom is -0.399 e. The summed E-state index contributed by atoms with van der Waals surface area (Å²) in [6.07, 6.45) is 0.823. The highest BCUT2D eigenvalue weighted by Crippen LogP contribution is 2.20. The zero-order chi connectivity index (χ0) is 15.2. The quantitative estimate of drug-likeness (QED) is 0.826. The van der Waals surface area contributed by atoms with E-state index in [1.54, 1.807) is 30.2 Å². The summed E-state index contributed by atoms with van der Waals surface area (Å²) in [6, 6.07) is 8.81. The van der Waals surface area contributed by atoms with Crippen molar-refractivity contribution in [2.75, 3.05) is 24.3 Å². The van der Waals surface area contributed by atoms with E-state index < -0.39 is 0 Å². The lowest BCUT2D eigenvalue weighted by Crippen LogP contribution is -2.32. The lowest BCUT2D eigenvalue weighted by molar-refractivity contribution is 0.0977. The average molecular weight is 289 g/mol. The molecule has 0 fully saturated rings. The van der Waals surface area contributed by atoms with Gasteiger partial charge in [0.2, 0.25) is 0 Å². The second kappa shape index (κ2) is 6.90. The van der Waals surface area contributed by atoms with Gasteiger partial charge in [-0.25, -0.2) is 0 Å². The van der Waals surface area contributed by atoms with E-state index in [2.05, 4.69) is 5.16 Å². The van der Waals surface area contributed by atoms with Crippen molar-refractivity contribution in [3.8, 4) is 0 Å². The van der Waals surface area contributed by atoms with Gasteiger partial charge in [0.15, 0.2) is 11.5 Å². The van der Waals surface area contributed by atoms with Crippen molar-refractivity contribution >= 4 is 17.3 Å². The topological polar surface area (TPSA) is 81.6 Å². The van der Waals surface area contributed by atoms with Gasteiger partial charge in [-0.15, -0.1) is 0 Å². The lowest BCUT2D eigenvalue weighted by atomic mass is 10.2. The summed E-state index contributed by atoms with van der Waals surface area (Å²) < 4.78 is 10.0. The number of amides is 1. The number of hydrogen-bond donors (Lipinski definition) is 1. The normalized spacial score (nSPS) is 10.6. The number of hydrogen-bond acceptors (Lipinski definition) is 5. The summed E-state index contributed by atoms with van der Waals surface area (Å²) in [6.45, 7) is 2.87. The van der Waals surface area contributed by atoms with E-state index in [-0.39, 0.29) is 18.2 Å². The first-order valence-corrected chi connectivity index (χ1v) is 6.77. The fourth-order valence-corrected chi connectivity index (χ4v) is 2.03. The molecule has 0 unspecified atom stereocenters. The Balaban J connectivity index is 2.26. The molecule has 0 aliphatic carbocycles. The molecule has 0 radical (unpaired) electrons. The SMILES string of the molecule is CCCN(C(=O)c1cc(COC)on1)c1cccc(N)c1. The number of carbonyl (C=O) groups is 1. The third kappa shape index (κ3) is 3.61. The van der Waals surface area contributed by atoms with Crippen LogP contribution in [0.25, 0.3) is 0 Å². The number of ether oxygens (including phenoxy) is 1. The minimum atomic E-state index is -0.214. The van der Waals surface area contributed by atoms with Gasteiger partial charge in [-0.05, 0) is 24.6 Å². The Bertz CT molecular complexity index is 610. The Morgan fingerprint density at radius 1 is 1.43 bits per heavy atom. The van der Waals surface area contributed by atoms with Gasteiger partial charge in [-0.1, -0.05) is 18.1 Å². The average Bonchev–Trinajstić information content (AvgIpc) is 2.93. The molecule has 0 saturated carbocycles. The first-order chi connectivity index (χ1) is 10.2. The first kappa shape index (κ1) is 15.1. The van der Waals surface area contributed by atoms with Crippen LogP contribution >= 0.6 is 0 Å². The van der Waals surface area contributed by atoms with Gasteiger partial charge < -0.3 is 19.9 Å². The maximum Gasteiger partial charge on any atom is 0.280 e. The van der Waals surface area contributed by atoms with Crippen molar-refractivity contribution in [3.63, 3.8) is 0 Å². The molecule has 6 nitrogen and oxygen atoms in total. The van der Waals surface area contributed by atoms with Crippen LogP contribution in [0.5, 0.6) is 0 Å². The lowest BCUT2D eigenvalue weighted by Gasteiger charge is -2.21. The number of anilines is 2. The highest BCUT2D eigenvalue weighted by atomic mass is 16.5. The van der Waals surface area contributed by atoms with Crippen molar-refractivity contribution in [3.05, 3.63) is 41.8 Å². The minimum absolute atomic E-state index is 0.214. The van der Waals surface area contributed by atoms with Crippen molar-refractivity contribution in [1.29, 1.82) is 0 Å². The molecule has 6 heteroatoms. The molecule has 0 atom stereocenters. The van der Waals surface area contributed by atoms with Gasteiger partial charge in [0, 0.05) is 31.1 Å². The summed E-state index contributed by atoms with van der Waals surface area (Å²) >= 11 is 0. The Hall–Kier alpha value is -2.34. The molecule has 2 rings (SSSR count). The van der Waals surface area contributed by atoms with Crippen LogP contribution in [0.2, 0.25) is 0 Å². The largest absolute Gasteiger partial charge is 0.399 e. The Kier molecular flexibility index (Phi) is 4.94. The van der Waals surface area contributed by atoms with E-state index in [0.29, 0.717) is 18.0 Å². The molecule has 1 amide bonds. The molecule has 0 spiro atoms. The first-order valence-electron chi connectivity index (χ1n) is 6.77. The van der Waals surface area contributed by atoms with Crippen LogP contribution in [-0.2, 0) is 11.3 Å². The van der Waals surface area contributed by atoms with E-state index in [0.717, 1.165) is 12.1 Å². The molecule has 0 bridgehead atoms. The fourth-order valence-electron chi connectivity index (χ4n) is 2.03. The molecule has 0 aliphatic rings. The zero-order valence-corrected chi connectivity index (χ0v) is 12.2. The standard InChI is InChI=1S/C15H19N3O3/c1-3-7-18(12-6-4-5-11(16)8-12)15(19)14-9-13(10-20-2)21-17-14/h4-6,8-9H,3,7,10,16H2,1-2H3. The van der Waals surface area contributed by atoms with Crippen LogP contribution in [0, 0.1) is 0 Å². The molecule has 2 N–H and O–H groups in total. The molecule has 112 valence electrons. The van der Waals surface area contributed by atoms with Crippen LogP contribution in [0.1, 0.15) is 29.6 Å². The van der Waals surface area contributed by atoms with E-state index in [1.165, 1.54) is 0 Å². The van der Waals surface area contributed by atoms with Gasteiger partial charge in [-0.2, -0.15) is 0 Å². The molecule has 2 aromatic rings. The number of nitrogens with two attached hydrogens (primary N) is 1. The highest BCUT2D eigenvalue weighted by Gasteiger charge is 2.21. The van der Waals surface area contributed by atoms with Gasteiger partial charge in [0.1, 0.15) is 6.61 Å².